The summed E-state index contributed by atoms with van der Waals surface area (Å²) in [4.78, 5) is 29.0. The fraction of sp³-hybridized carbons (Fsp3) is 0.381. The predicted molar refractivity (Wildman–Crippen MR) is 109 cm³/mol. The van der Waals surface area contributed by atoms with Crippen molar-refractivity contribution in [2.24, 2.45) is 0 Å². The van der Waals surface area contributed by atoms with Crippen molar-refractivity contribution in [2.45, 2.75) is 31.4 Å². The standard InChI is InChI=1S/C21H21F5N4O4/c1-28-19(32)13-7-14(18(27)29-8-13)10-33-16-9-30(11-20(16,22)23)17(31)6-12-2-4-15(5-3-12)34-21(24,25)26/h2-5,7-8,16H,6,9-11H2,1H3,(H2,27,29)(H,28,32)/t16-/m0/s1. The fourth-order valence-electron chi connectivity index (χ4n) is 3.31. The lowest BCUT2D eigenvalue weighted by Gasteiger charge is -2.18. The van der Waals surface area contributed by atoms with Crippen molar-refractivity contribution in [2.75, 3.05) is 25.9 Å². The third-order valence-corrected chi connectivity index (χ3v) is 5.05. The largest absolute Gasteiger partial charge is 0.573 e. The first-order chi connectivity index (χ1) is 15.9. The molecule has 0 aliphatic carbocycles. The number of alkyl halides is 5. The second-order valence-corrected chi connectivity index (χ2v) is 7.55. The molecule has 3 rings (SSSR count). The molecule has 0 radical (unpaired) electrons. The van der Waals surface area contributed by atoms with E-state index in [0.717, 1.165) is 17.0 Å². The van der Waals surface area contributed by atoms with Gasteiger partial charge in [0, 0.05) is 18.8 Å². The number of pyridine rings is 1. The molecule has 1 saturated heterocycles. The average molecular weight is 488 g/mol. The van der Waals surface area contributed by atoms with E-state index >= 15 is 0 Å². The van der Waals surface area contributed by atoms with Gasteiger partial charge >= 0.3 is 6.36 Å². The Morgan fingerprint density at radius 1 is 1.26 bits per heavy atom. The van der Waals surface area contributed by atoms with E-state index in [9.17, 15) is 31.5 Å². The minimum Gasteiger partial charge on any atom is -0.406 e. The summed E-state index contributed by atoms with van der Waals surface area (Å²) in [5, 5.41) is 2.41. The summed E-state index contributed by atoms with van der Waals surface area (Å²) >= 11 is 0. The number of amides is 2. The zero-order chi connectivity index (χ0) is 25.1. The summed E-state index contributed by atoms with van der Waals surface area (Å²) < 4.78 is 74.8. The quantitative estimate of drug-likeness (QED) is 0.581. The summed E-state index contributed by atoms with van der Waals surface area (Å²) in [5.41, 5.74) is 6.49. The summed E-state index contributed by atoms with van der Waals surface area (Å²) in [6.45, 7) is -1.63. The average Bonchev–Trinajstić information content (AvgIpc) is 3.07. The molecular formula is C21H21F5N4O4. The van der Waals surface area contributed by atoms with Crippen molar-refractivity contribution in [1.29, 1.82) is 0 Å². The third kappa shape index (κ3) is 6.31. The van der Waals surface area contributed by atoms with Gasteiger partial charge in [0.25, 0.3) is 11.8 Å². The highest BCUT2D eigenvalue weighted by Crippen LogP contribution is 2.32. The maximum atomic E-state index is 14.5. The molecule has 1 aromatic heterocycles. The number of halogens is 5. The number of carbonyl (C=O) groups excluding carboxylic acids is 2. The van der Waals surface area contributed by atoms with Crippen LogP contribution in [0.4, 0.5) is 27.8 Å². The van der Waals surface area contributed by atoms with Crippen molar-refractivity contribution in [3.8, 4) is 5.75 Å². The van der Waals surface area contributed by atoms with E-state index in [1.165, 1.54) is 31.4 Å². The van der Waals surface area contributed by atoms with Crippen LogP contribution in [0, 0.1) is 0 Å². The molecule has 2 heterocycles. The number of anilines is 1. The molecule has 1 aromatic carbocycles. The zero-order valence-electron chi connectivity index (χ0n) is 17.9. The van der Waals surface area contributed by atoms with Crippen LogP contribution < -0.4 is 15.8 Å². The number of hydrogen-bond acceptors (Lipinski definition) is 6. The molecule has 0 unspecified atom stereocenters. The Morgan fingerprint density at radius 2 is 1.94 bits per heavy atom. The number of likely N-dealkylation sites (tertiary alicyclic amines) is 1. The first-order valence-corrected chi connectivity index (χ1v) is 9.96. The molecule has 2 aromatic rings. The van der Waals surface area contributed by atoms with Crippen molar-refractivity contribution < 1.29 is 41.0 Å². The predicted octanol–water partition coefficient (Wildman–Crippen LogP) is 2.53. The van der Waals surface area contributed by atoms with E-state index < -0.39 is 49.0 Å². The van der Waals surface area contributed by atoms with Crippen LogP contribution in [0.2, 0.25) is 0 Å². The highest BCUT2D eigenvalue weighted by molar-refractivity contribution is 5.94. The van der Waals surface area contributed by atoms with Crippen LogP contribution in [0.25, 0.3) is 0 Å². The Hall–Kier alpha value is -3.48. The lowest BCUT2D eigenvalue weighted by molar-refractivity contribution is -0.274. The lowest BCUT2D eigenvalue weighted by Crippen LogP contribution is -2.34. The molecule has 3 N–H and O–H groups in total. The number of benzene rings is 1. The van der Waals surface area contributed by atoms with Crippen LogP contribution in [-0.2, 0) is 22.6 Å². The van der Waals surface area contributed by atoms with Gasteiger partial charge in [-0.2, -0.15) is 0 Å². The van der Waals surface area contributed by atoms with Gasteiger partial charge in [-0.05, 0) is 23.8 Å². The first-order valence-electron chi connectivity index (χ1n) is 9.96. The summed E-state index contributed by atoms with van der Waals surface area (Å²) in [6.07, 6.45) is -5.52. The van der Waals surface area contributed by atoms with Gasteiger partial charge in [0.15, 0.2) is 0 Å². The number of ether oxygens (including phenoxy) is 2. The second kappa shape index (κ2) is 9.79. The monoisotopic (exact) mass is 488 g/mol. The number of rotatable bonds is 7. The molecule has 0 saturated carbocycles. The Labute approximate surface area is 190 Å². The molecule has 0 bridgehead atoms. The van der Waals surface area contributed by atoms with Crippen LogP contribution >= 0.6 is 0 Å². The van der Waals surface area contributed by atoms with Gasteiger partial charge in [0.05, 0.1) is 31.7 Å². The minimum absolute atomic E-state index is 0.0137. The molecule has 184 valence electrons. The van der Waals surface area contributed by atoms with E-state index in [4.69, 9.17) is 10.5 Å². The Kier molecular flexibility index (Phi) is 7.24. The number of nitrogens with zero attached hydrogens (tertiary/aromatic N) is 2. The topological polar surface area (TPSA) is 107 Å². The zero-order valence-corrected chi connectivity index (χ0v) is 17.9. The molecule has 2 amide bonds. The number of nitrogens with one attached hydrogen (secondary N) is 1. The van der Waals surface area contributed by atoms with Crippen LogP contribution in [0.5, 0.6) is 5.75 Å². The van der Waals surface area contributed by atoms with Crippen LogP contribution in [-0.4, -0.2) is 60.2 Å². The van der Waals surface area contributed by atoms with Crippen LogP contribution in [0.3, 0.4) is 0 Å². The normalized spacial score (nSPS) is 17.5. The maximum absolute atomic E-state index is 14.5. The lowest BCUT2D eigenvalue weighted by atomic mass is 10.1. The van der Waals surface area contributed by atoms with Gasteiger partial charge in [-0.1, -0.05) is 12.1 Å². The molecule has 0 spiro atoms. The number of nitrogens with two attached hydrogens (primary N) is 1. The van der Waals surface area contributed by atoms with E-state index in [-0.39, 0.29) is 30.0 Å². The van der Waals surface area contributed by atoms with Crippen molar-refractivity contribution >= 4 is 17.6 Å². The van der Waals surface area contributed by atoms with Crippen molar-refractivity contribution in [1.82, 2.24) is 15.2 Å². The van der Waals surface area contributed by atoms with Gasteiger partial charge in [0.1, 0.15) is 17.7 Å². The van der Waals surface area contributed by atoms with Gasteiger partial charge in [0.2, 0.25) is 5.91 Å². The smallest absolute Gasteiger partial charge is 0.406 e. The molecule has 1 fully saturated rings. The molecule has 8 nitrogen and oxygen atoms in total. The van der Waals surface area contributed by atoms with E-state index in [2.05, 4.69) is 15.0 Å². The number of nitrogen functional groups attached to an aromatic ring is 1. The van der Waals surface area contributed by atoms with Crippen LogP contribution in [0.15, 0.2) is 36.5 Å². The summed E-state index contributed by atoms with van der Waals surface area (Å²) in [7, 11) is 1.42. The highest BCUT2D eigenvalue weighted by Gasteiger charge is 2.50. The summed E-state index contributed by atoms with van der Waals surface area (Å²) in [5.74, 6) is -4.87. The summed E-state index contributed by atoms with van der Waals surface area (Å²) in [6, 6.07) is 5.94. The molecule has 34 heavy (non-hydrogen) atoms. The Morgan fingerprint density at radius 3 is 2.56 bits per heavy atom. The Bertz CT molecular complexity index is 1050. The van der Waals surface area contributed by atoms with E-state index in [0.29, 0.717) is 5.56 Å². The van der Waals surface area contributed by atoms with Gasteiger partial charge in [-0.3, -0.25) is 9.59 Å². The number of hydrogen-bond donors (Lipinski definition) is 2. The maximum Gasteiger partial charge on any atom is 0.573 e. The number of carbonyl (C=O) groups is 2. The van der Waals surface area contributed by atoms with E-state index in [1.807, 2.05) is 0 Å². The molecule has 1 aliphatic heterocycles. The fourth-order valence-corrected chi connectivity index (χ4v) is 3.31. The molecule has 1 atom stereocenters. The first kappa shape index (κ1) is 25.1. The molecule has 1 aliphatic rings. The SMILES string of the molecule is CNC(=O)c1cnc(N)c(CO[C@H]2CN(C(=O)Cc3ccc(OC(F)(F)F)cc3)CC2(F)F)c1. The van der Waals surface area contributed by atoms with Crippen LogP contribution in [0.1, 0.15) is 21.5 Å². The Balaban J connectivity index is 1.60. The minimum atomic E-state index is -4.85. The van der Waals surface area contributed by atoms with Gasteiger partial charge < -0.3 is 25.4 Å². The highest BCUT2D eigenvalue weighted by atomic mass is 19.4. The number of aromatic nitrogens is 1. The second-order valence-electron chi connectivity index (χ2n) is 7.55. The molecule has 13 heteroatoms. The van der Waals surface area contributed by atoms with Gasteiger partial charge in [-0.25, -0.2) is 13.8 Å². The van der Waals surface area contributed by atoms with E-state index in [1.54, 1.807) is 0 Å². The van der Waals surface area contributed by atoms with Gasteiger partial charge in [-0.15, -0.1) is 13.2 Å². The third-order valence-electron chi connectivity index (χ3n) is 5.05. The molecular weight excluding hydrogens is 467 g/mol. The van der Waals surface area contributed by atoms with Crippen molar-refractivity contribution in [3.63, 3.8) is 0 Å². The van der Waals surface area contributed by atoms with Crippen molar-refractivity contribution in [3.05, 3.63) is 53.2 Å².